The third-order valence-corrected chi connectivity index (χ3v) is 4.91. The summed E-state index contributed by atoms with van der Waals surface area (Å²) in [6, 6.07) is 14.4. The van der Waals surface area contributed by atoms with E-state index in [-0.39, 0.29) is 24.3 Å². The lowest BCUT2D eigenvalue weighted by atomic mass is 9.97. The maximum atomic E-state index is 12.5. The van der Waals surface area contributed by atoms with Gasteiger partial charge in [-0.2, -0.15) is 0 Å². The Morgan fingerprint density at radius 1 is 1.14 bits per heavy atom. The van der Waals surface area contributed by atoms with Crippen molar-refractivity contribution in [1.82, 2.24) is 4.90 Å². The molecule has 6 nitrogen and oxygen atoms in total. The largest absolute Gasteiger partial charge is 0.469 e. The number of nitrogens with zero attached hydrogens (tertiary/aromatic N) is 1. The van der Waals surface area contributed by atoms with E-state index in [9.17, 15) is 9.59 Å². The summed E-state index contributed by atoms with van der Waals surface area (Å²) in [6.07, 6.45) is 1.39. The highest BCUT2D eigenvalue weighted by Gasteiger charge is 2.26. The Morgan fingerprint density at radius 3 is 2.54 bits per heavy atom. The molecule has 0 spiro atoms. The molecule has 0 unspecified atom stereocenters. The molecule has 7 heteroatoms. The number of carbonyl (C=O) groups is 2. The van der Waals surface area contributed by atoms with Crippen molar-refractivity contribution in [3.05, 3.63) is 53.6 Å². The van der Waals surface area contributed by atoms with Crippen molar-refractivity contribution in [3.8, 4) is 11.5 Å². The van der Waals surface area contributed by atoms with Gasteiger partial charge < -0.3 is 14.8 Å². The summed E-state index contributed by atoms with van der Waals surface area (Å²) in [7, 11) is 1.41. The minimum Gasteiger partial charge on any atom is -0.469 e. The smallest absolute Gasteiger partial charge is 0.308 e. The molecule has 1 aliphatic rings. The number of halogens is 1. The van der Waals surface area contributed by atoms with Gasteiger partial charge in [0.15, 0.2) is 5.75 Å². The van der Waals surface area contributed by atoms with E-state index in [4.69, 9.17) is 21.1 Å². The second-order valence-corrected chi connectivity index (χ2v) is 7.11. The quantitative estimate of drug-likeness (QED) is 0.741. The van der Waals surface area contributed by atoms with Crippen molar-refractivity contribution in [2.75, 3.05) is 32.1 Å². The lowest BCUT2D eigenvalue weighted by Gasteiger charge is -2.30. The highest BCUT2D eigenvalue weighted by atomic mass is 35.5. The van der Waals surface area contributed by atoms with Gasteiger partial charge in [0, 0.05) is 5.02 Å². The van der Waals surface area contributed by atoms with Crippen molar-refractivity contribution >= 4 is 29.2 Å². The average molecular weight is 403 g/mol. The van der Waals surface area contributed by atoms with Crippen LogP contribution < -0.4 is 10.1 Å². The zero-order valence-corrected chi connectivity index (χ0v) is 16.4. The highest BCUT2D eigenvalue weighted by Crippen LogP contribution is 2.32. The van der Waals surface area contributed by atoms with Crippen LogP contribution in [0.5, 0.6) is 11.5 Å². The van der Waals surface area contributed by atoms with E-state index in [0.717, 1.165) is 0 Å². The topological polar surface area (TPSA) is 67.9 Å². The summed E-state index contributed by atoms with van der Waals surface area (Å²) in [5.74, 6) is 0.782. The van der Waals surface area contributed by atoms with Gasteiger partial charge in [0.1, 0.15) is 5.75 Å². The Labute approximate surface area is 169 Å². The number of hydrogen-bond donors (Lipinski definition) is 1. The van der Waals surface area contributed by atoms with Gasteiger partial charge in [0.2, 0.25) is 5.91 Å². The molecule has 0 saturated carbocycles. The maximum Gasteiger partial charge on any atom is 0.308 e. The van der Waals surface area contributed by atoms with Crippen LogP contribution in [0.15, 0.2) is 48.5 Å². The van der Waals surface area contributed by atoms with E-state index < -0.39 is 0 Å². The fourth-order valence-corrected chi connectivity index (χ4v) is 3.36. The Bertz CT molecular complexity index is 820. The maximum absolute atomic E-state index is 12.5. The SMILES string of the molecule is COC(=O)C1CCN(CC(=O)Nc2cc(Cl)ccc2Oc2ccccc2)CC1. The number of para-hydroxylation sites is 1. The number of piperidine rings is 1. The van der Waals surface area contributed by atoms with E-state index in [1.165, 1.54) is 7.11 Å². The van der Waals surface area contributed by atoms with Crippen LogP contribution in [0.4, 0.5) is 5.69 Å². The van der Waals surface area contributed by atoms with Gasteiger partial charge in [-0.3, -0.25) is 14.5 Å². The molecule has 1 heterocycles. The first-order valence-corrected chi connectivity index (χ1v) is 9.55. The minimum atomic E-state index is -0.175. The highest BCUT2D eigenvalue weighted by molar-refractivity contribution is 6.31. The number of esters is 1. The Balaban J connectivity index is 1.59. The number of rotatable bonds is 6. The molecule has 1 amide bonds. The van der Waals surface area contributed by atoms with Crippen LogP contribution in [0.2, 0.25) is 5.02 Å². The van der Waals surface area contributed by atoms with Crippen LogP contribution in [0.25, 0.3) is 0 Å². The van der Waals surface area contributed by atoms with Gasteiger partial charge >= 0.3 is 5.97 Å². The van der Waals surface area contributed by atoms with Crippen molar-refractivity contribution in [3.63, 3.8) is 0 Å². The van der Waals surface area contributed by atoms with E-state index in [0.29, 0.717) is 48.1 Å². The third-order valence-electron chi connectivity index (χ3n) is 4.68. The van der Waals surface area contributed by atoms with Crippen molar-refractivity contribution in [1.29, 1.82) is 0 Å². The molecule has 1 N–H and O–H groups in total. The molecule has 0 radical (unpaired) electrons. The van der Waals surface area contributed by atoms with Gasteiger partial charge in [-0.1, -0.05) is 29.8 Å². The molecular weight excluding hydrogens is 380 g/mol. The number of amides is 1. The Morgan fingerprint density at radius 2 is 1.86 bits per heavy atom. The predicted octanol–water partition coefficient (Wildman–Crippen LogP) is 3.96. The molecule has 0 atom stereocenters. The molecule has 1 fully saturated rings. The molecule has 148 valence electrons. The average Bonchev–Trinajstić information content (AvgIpc) is 2.71. The lowest BCUT2D eigenvalue weighted by Crippen LogP contribution is -2.41. The Kier molecular flexibility index (Phi) is 6.90. The fraction of sp³-hybridized carbons (Fsp3) is 0.333. The summed E-state index contributed by atoms with van der Waals surface area (Å²) >= 11 is 6.09. The fourth-order valence-electron chi connectivity index (χ4n) is 3.19. The third kappa shape index (κ3) is 5.47. The molecule has 0 aliphatic carbocycles. The molecule has 3 rings (SSSR count). The molecule has 28 heavy (non-hydrogen) atoms. The molecule has 0 bridgehead atoms. The summed E-state index contributed by atoms with van der Waals surface area (Å²) in [4.78, 5) is 26.2. The van der Waals surface area contributed by atoms with Crippen LogP contribution in [-0.4, -0.2) is 43.5 Å². The van der Waals surface area contributed by atoms with Crippen molar-refractivity contribution < 1.29 is 19.1 Å². The van der Waals surface area contributed by atoms with Crippen LogP contribution >= 0.6 is 11.6 Å². The molecule has 2 aromatic carbocycles. The number of hydrogen-bond acceptors (Lipinski definition) is 5. The van der Waals surface area contributed by atoms with Gasteiger partial charge in [-0.15, -0.1) is 0 Å². The zero-order chi connectivity index (χ0) is 19.9. The number of carbonyl (C=O) groups excluding carboxylic acids is 2. The second-order valence-electron chi connectivity index (χ2n) is 6.68. The molecule has 2 aromatic rings. The summed E-state index contributed by atoms with van der Waals surface area (Å²) in [5.41, 5.74) is 0.519. The van der Waals surface area contributed by atoms with Gasteiger partial charge in [-0.05, 0) is 56.3 Å². The number of benzene rings is 2. The second kappa shape index (κ2) is 9.57. The van der Waals surface area contributed by atoms with Crippen LogP contribution in [-0.2, 0) is 14.3 Å². The summed E-state index contributed by atoms with van der Waals surface area (Å²) < 4.78 is 10.7. The van der Waals surface area contributed by atoms with Crippen LogP contribution in [0.1, 0.15) is 12.8 Å². The van der Waals surface area contributed by atoms with E-state index in [1.54, 1.807) is 18.2 Å². The number of ether oxygens (including phenoxy) is 2. The monoisotopic (exact) mass is 402 g/mol. The van der Waals surface area contributed by atoms with E-state index in [1.807, 2.05) is 35.2 Å². The molecular formula is C21H23ClN2O4. The van der Waals surface area contributed by atoms with E-state index in [2.05, 4.69) is 5.32 Å². The van der Waals surface area contributed by atoms with Crippen LogP contribution in [0, 0.1) is 5.92 Å². The van der Waals surface area contributed by atoms with Crippen LogP contribution in [0.3, 0.4) is 0 Å². The van der Waals surface area contributed by atoms with E-state index >= 15 is 0 Å². The first kappa shape index (κ1) is 20.2. The van der Waals surface area contributed by atoms with Gasteiger partial charge in [-0.25, -0.2) is 0 Å². The number of nitrogens with one attached hydrogen (secondary N) is 1. The minimum absolute atomic E-state index is 0.0804. The molecule has 1 saturated heterocycles. The van der Waals surface area contributed by atoms with Gasteiger partial charge in [0.05, 0.1) is 25.3 Å². The lowest BCUT2D eigenvalue weighted by molar-refractivity contribution is -0.147. The summed E-state index contributed by atoms with van der Waals surface area (Å²) in [6.45, 7) is 1.59. The molecule has 0 aromatic heterocycles. The number of anilines is 1. The van der Waals surface area contributed by atoms with Crippen molar-refractivity contribution in [2.24, 2.45) is 5.92 Å². The first-order chi connectivity index (χ1) is 13.5. The molecule has 1 aliphatic heterocycles. The van der Waals surface area contributed by atoms with Gasteiger partial charge in [0.25, 0.3) is 0 Å². The summed E-state index contributed by atoms with van der Waals surface area (Å²) in [5, 5.41) is 3.39. The Hall–Kier alpha value is -2.57. The first-order valence-electron chi connectivity index (χ1n) is 9.17. The number of methoxy groups -OCH3 is 1. The standard InChI is InChI=1S/C21H23ClN2O4/c1-27-21(26)15-9-11-24(12-10-15)14-20(25)23-18-13-16(22)7-8-19(18)28-17-5-3-2-4-6-17/h2-8,13,15H,9-12,14H2,1H3,(H,23,25). The number of likely N-dealkylation sites (tertiary alicyclic amines) is 1. The normalized spacial score (nSPS) is 15.1. The predicted molar refractivity (Wildman–Crippen MR) is 108 cm³/mol. The zero-order valence-electron chi connectivity index (χ0n) is 15.7. The van der Waals surface area contributed by atoms with Crippen molar-refractivity contribution in [2.45, 2.75) is 12.8 Å².